The average Bonchev–Trinajstić information content (AvgIpc) is 2.37. The Balaban J connectivity index is 2.26. The molecule has 0 unspecified atom stereocenters. The molecule has 0 fully saturated rings. The van der Waals surface area contributed by atoms with E-state index in [0.717, 1.165) is 15.7 Å². The van der Waals surface area contributed by atoms with Crippen LogP contribution in [0.25, 0.3) is 0 Å². The van der Waals surface area contributed by atoms with Gasteiger partial charge in [0.25, 0.3) is 5.91 Å². The van der Waals surface area contributed by atoms with Crippen LogP contribution in [0.5, 0.6) is 0 Å². The summed E-state index contributed by atoms with van der Waals surface area (Å²) in [6.45, 7) is 6.02. The number of hydrogen-bond acceptors (Lipinski definition) is 1. The molecular weight excluding hydrogens is 302 g/mol. The van der Waals surface area contributed by atoms with Gasteiger partial charge in [0.2, 0.25) is 0 Å². The molecule has 0 atom stereocenters. The van der Waals surface area contributed by atoms with Gasteiger partial charge in [-0.05, 0) is 61.7 Å². The van der Waals surface area contributed by atoms with Crippen LogP contribution in [0.15, 0.2) is 40.9 Å². The first-order valence-corrected chi connectivity index (χ1v) is 6.92. The van der Waals surface area contributed by atoms with Crippen molar-refractivity contribution in [2.45, 2.75) is 20.8 Å². The number of carbonyl (C=O) groups is 1. The smallest absolute Gasteiger partial charge is 0.255 e. The molecule has 2 rings (SSSR count). The molecular formula is C16H16BrNO. The third-order valence-corrected chi connectivity index (χ3v) is 4.14. The molecule has 2 aromatic rings. The SMILES string of the molecule is Cc1ccc(NC(=O)c2cccc(Br)c2C)cc1C. The largest absolute Gasteiger partial charge is 0.322 e. The molecule has 0 bridgehead atoms. The topological polar surface area (TPSA) is 29.1 Å². The molecule has 0 heterocycles. The lowest BCUT2D eigenvalue weighted by Gasteiger charge is -2.10. The van der Waals surface area contributed by atoms with Gasteiger partial charge in [-0.25, -0.2) is 0 Å². The summed E-state index contributed by atoms with van der Waals surface area (Å²) in [6.07, 6.45) is 0. The Kier molecular flexibility index (Phi) is 4.05. The lowest BCUT2D eigenvalue weighted by molar-refractivity contribution is 0.102. The van der Waals surface area contributed by atoms with E-state index in [4.69, 9.17) is 0 Å². The van der Waals surface area contributed by atoms with E-state index in [1.54, 1.807) is 0 Å². The maximum absolute atomic E-state index is 12.3. The molecule has 0 aromatic heterocycles. The Labute approximate surface area is 122 Å². The predicted octanol–water partition coefficient (Wildman–Crippen LogP) is 4.63. The zero-order chi connectivity index (χ0) is 14.0. The quantitative estimate of drug-likeness (QED) is 0.859. The molecule has 2 nitrogen and oxygen atoms in total. The van der Waals surface area contributed by atoms with Gasteiger partial charge in [-0.15, -0.1) is 0 Å². The van der Waals surface area contributed by atoms with Crippen molar-refractivity contribution in [3.8, 4) is 0 Å². The molecule has 0 aliphatic rings. The summed E-state index contributed by atoms with van der Waals surface area (Å²) >= 11 is 3.44. The van der Waals surface area contributed by atoms with E-state index in [0.29, 0.717) is 5.56 Å². The number of carbonyl (C=O) groups excluding carboxylic acids is 1. The summed E-state index contributed by atoms with van der Waals surface area (Å²) in [6, 6.07) is 11.6. The van der Waals surface area contributed by atoms with Crippen LogP contribution in [0.4, 0.5) is 5.69 Å². The third-order valence-electron chi connectivity index (χ3n) is 3.28. The Bertz CT molecular complexity index is 635. The molecule has 0 saturated heterocycles. The molecule has 98 valence electrons. The van der Waals surface area contributed by atoms with Crippen LogP contribution < -0.4 is 5.32 Å². The highest BCUT2D eigenvalue weighted by Crippen LogP contribution is 2.21. The minimum Gasteiger partial charge on any atom is -0.322 e. The minimum atomic E-state index is -0.0814. The Morgan fingerprint density at radius 1 is 1.05 bits per heavy atom. The summed E-state index contributed by atoms with van der Waals surface area (Å²) in [7, 11) is 0. The van der Waals surface area contributed by atoms with E-state index in [2.05, 4.69) is 28.2 Å². The normalized spacial score (nSPS) is 10.3. The first-order valence-electron chi connectivity index (χ1n) is 6.13. The van der Waals surface area contributed by atoms with Gasteiger partial charge in [0.1, 0.15) is 0 Å². The molecule has 0 spiro atoms. The van der Waals surface area contributed by atoms with Gasteiger partial charge in [0.15, 0.2) is 0 Å². The second-order valence-corrected chi connectivity index (χ2v) is 5.52. The van der Waals surface area contributed by atoms with Crippen molar-refractivity contribution in [2.75, 3.05) is 5.32 Å². The zero-order valence-corrected chi connectivity index (χ0v) is 12.8. The first-order chi connectivity index (χ1) is 8.99. The molecule has 0 saturated carbocycles. The van der Waals surface area contributed by atoms with E-state index in [9.17, 15) is 4.79 Å². The fourth-order valence-corrected chi connectivity index (χ4v) is 2.24. The van der Waals surface area contributed by atoms with Crippen LogP contribution in [0.3, 0.4) is 0 Å². The maximum Gasteiger partial charge on any atom is 0.255 e. The van der Waals surface area contributed by atoms with Crippen molar-refractivity contribution < 1.29 is 4.79 Å². The van der Waals surface area contributed by atoms with E-state index < -0.39 is 0 Å². The summed E-state index contributed by atoms with van der Waals surface area (Å²) in [5.74, 6) is -0.0814. The lowest BCUT2D eigenvalue weighted by atomic mass is 10.1. The Hall–Kier alpha value is -1.61. The van der Waals surface area contributed by atoms with Gasteiger partial charge in [0.05, 0.1) is 0 Å². The van der Waals surface area contributed by atoms with Crippen LogP contribution in [0.1, 0.15) is 27.0 Å². The zero-order valence-electron chi connectivity index (χ0n) is 11.3. The summed E-state index contributed by atoms with van der Waals surface area (Å²) in [5.41, 5.74) is 4.85. The molecule has 19 heavy (non-hydrogen) atoms. The number of rotatable bonds is 2. The van der Waals surface area contributed by atoms with E-state index >= 15 is 0 Å². The van der Waals surface area contributed by atoms with Crippen LogP contribution in [-0.4, -0.2) is 5.91 Å². The summed E-state index contributed by atoms with van der Waals surface area (Å²) < 4.78 is 0.945. The molecule has 1 amide bonds. The third kappa shape index (κ3) is 3.04. The fraction of sp³-hybridized carbons (Fsp3) is 0.188. The molecule has 1 N–H and O–H groups in total. The van der Waals surface area contributed by atoms with Gasteiger partial charge in [0, 0.05) is 15.7 Å². The number of nitrogens with one attached hydrogen (secondary N) is 1. The molecule has 3 heteroatoms. The number of aryl methyl sites for hydroxylation is 2. The highest BCUT2D eigenvalue weighted by atomic mass is 79.9. The first kappa shape index (κ1) is 13.8. The van der Waals surface area contributed by atoms with Gasteiger partial charge >= 0.3 is 0 Å². The molecule has 0 radical (unpaired) electrons. The highest BCUT2D eigenvalue weighted by Gasteiger charge is 2.11. The van der Waals surface area contributed by atoms with E-state index in [1.807, 2.05) is 50.2 Å². The molecule has 0 aliphatic carbocycles. The van der Waals surface area contributed by atoms with Crippen molar-refractivity contribution in [2.24, 2.45) is 0 Å². The summed E-state index contributed by atoms with van der Waals surface area (Å²) in [5, 5.41) is 2.93. The van der Waals surface area contributed by atoms with Crippen molar-refractivity contribution in [3.63, 3.8) is 0 Å². The number of anilines is 1. The second kappa shape index (κ2) is 5.57. The fourth-order valence-electron chi connectivity index (χ4n) is 1.87. The predicted molar refractivity (Wildman–Crippen MR) is 82.7 cm³/mol. The maximum atomic E-state index is 12.3. The van der Waals surface area contributed by atoms with E-state index in [1.165, 1.54) is 11.1 Å². The van der Waals surface area contributed by atoms with Gasteiger partial charge in [-0.2, -0.15) is 0 Å². The van der Waals surface area contributed by atoms with Crippen molar-refractivity contribution in [1.82, 2.24) is 0 Å². The van der Waals surface area contributed by atoms with Crippen LogP contribution in [-0.2, 0) is 0 Å². The molecule has 2 aromatic carbocycles. The Morgan fingerprint density at radius 3 is 2.47 bits per heavy atom. The van der Waals surface area contributed by atoms with E-state index in [-0.39, 0.29) is 5.91 Å². The van der Waals surface area contributed by atoms with Crippen molar-refractivity contribution in [1.29, 1.82) is 0 Å². The minimum absolute atomic E-state index is 0.0814. The molecule has 0 aliphatic heterocycles. The Morgan fingerprint density at radius 2 is 1.79 bits per heavy atom. The average molecular weight is 318 g/mol. The van der Waals surface area contributed by atoms with Crippen molar-refractivity contribution in [3.05, 3.63) is 63.1 Å². The number of hydrogen-bond donors (Lipinski definition) is 1. The second-order valence-electron chi connectivity index (χ2n) is 4.67. The lowest BCUT2D eigenvalue weighted by Crippen LogP contribution is -2.13. The van der Waals surface area contributed by atoms with Gasteiger partial charge in [-0.3, -0.25) is 4.79 Å². The number of benzene rings is 2. The number of amides is 1. The van der Waals surface area contributed by atoms with Crippen LogP contribution in [0, 0.1) is 20.8 Å². The van der Waals surface area contributed by atoms with Gasteiger partial charge in [-0.1, -0.05) is 28.1 Å². The van der Waals surface area contributed by atoms with Crippen LogP contribution in [0.2, 0.25) is 0 Å². The summed E-state index contributed by atoms with van der Waals surface area (Å²) in [4.78, 5) is 12.3. The monoisotopic (exact) mass is 317 g/mol. The van der Waals surface area contributed by atoms with Gasteiger partial charge < -0.3 is 5.32 Å². The van der Waals surface area contributed by atoms with Crippen LogP contribution >= 0.6 is 15.9 Å². The highest BCUT2D eigenvalue weighted by molar-refractivity contribution is 9.10. The standard InChI is InChI=1S/C16H16BrNO/c1-10-7-8-13(9-11(10)2)18-16(19)14-5-4-6-15(17)12(14)3/h4-9H,1-3H3,(H,18,19). The van der Waals surface area contributed by atoms with Crippen molar-refractivity contribution >= 4 is 27.5 Å². The number of halogens is 1.